The highest BCUT2D eigenvalue weighted by atomic mass is 79.9. The Morgan fingerprint density at radius 2 is 1.93 bits per heavy atom. The average Bonchev–Trinajstić information content (AvgIpc) is 3.61. The van der Waals surface area contributed by atoms with Crippen molar-refractivity contribution in [1.29, 1.82) is 0 Å². The van der Waals surface area contributed by atoms with Crippen molar-refractivity contribution < 1.29 is 47.5 Å². The fourth-order valence-electron chi connectivity index (χ4n) is 5.14. The zero-order valence-electron chi connectivity index (χ0n) is 21.5. The average molecular weight is 643 g/mol. The first-order valence-corrected chi connectivity index (χ1v) is 13.3. The molecule has 5 rings (SSSR count). The first kappa shape index (κ1) is 29.6. The molecule has 220 valence electrons. The number of benzene rings is 2. The molecule has 1 amide bonds. The molecule has 0 aliphatic carbocycles. The monoisotopic (exact) mass is 642 g/mol. The van der Waals surface area contributed by atoms with Crippen LogP contribution in [0, 0.1) is 17.5 Å². The molecular weight excluding hydrogens is 617 g/mol. The standard InChI is InChI=1S/C26H26BrF3N4O7/c1-39-24-22(33-8-17(31-32-33)12-5-15(28)21(30)16(29)6-12)23(37)20(9-35)41-25(24)26(38)34(18-10-40-11-19(18)36)14-4-2-3-13(27)7-14/h2-8,18-20,22-25,35-37H,9-11H2,1H3/t18-,19-,20?,22?,23?,24?,25?/m1/s1. The Morgan fingerprint density at radius 1 is 1.20 bits per heavy atom. The Labute approximate surface area is 240 Å². The SMILES string of the molecule is COC1C(C(=O)N(c2cccc(Br)c2)[C@@H]2COC[C@H]2O)OC(CO)C(O)C1n1cc(-c2cc(F)c(F)c(F)c2)nn1. The van der Waals surface area contributed by atoms with Crippen molar-refractivity contribution in [2.75, 3.05) is 31.8 Å². The molecule has 7 atom stereocenters. The van der Waals surface area contributed by atoms with Crippen LogP contribution in [0.5, 0.6) is 0 Å². The highest BCUT2D eigenvalue weighted by molar-refractivity contribution is 9.10. The third-order valence-corrected chi connectivity index (χ3v) is 7.65. The number of methoxy groups -OCH3 is 1. The molecule has 0 spiro atoms. The highest BCUT2D eigenvalue weighted by Gasteiger charge is 2.52. The van der Waals surface area contributed by atoms with Gasteiger partial charge in [0, 0.05) is 22.8 Å². The summed E-state index contributed by atoms with van der Waals surface area (Å²) in [6.07, 6.45) is -5.15. The number of ether oxygens (including phenoxy) is 3. The second kappa shape index (κ2) is 12.1. The van der Waals surface area contributed by atoms with Crippen molar-refractivity contribution in [1.82, 2.24) is 15.0 Å². The van der Waals surface area contributed by atoms with E-state index in [9.17, 15) is 33.3 Å². The van der Waals surface area contributed by atoms with Gasteiger partial charge in [-0.25, -0.2) is 17.9 Å². The van der Waals surface area contributed by atoms with Crippen molar-refractivity contribution in [3.63, 3.8) is 0 Å². The highest BCUT2D eigenvalue weighted by Crippen LogP contribution is 2.36. The van der Waals surface area contributed by atoms with Gasteiger partial charge in [0.2, 0.25) is 0 Å². The molecule has 15 heteroatoms. The number of hydrogen-bond donors (Lipinski definition) is 3. The number of aromatic nitrogens is 3. The molecule has 2 aromatic carbocycles. The third kappa shape index (κ3) is 5.62. The number of aliphatic hydroxyl groups excluding tert-OH is 3. The first-order chi connectivity index (χ1) is 19.6. The molecule has 41 heavy (non-hydrogen) atoms. The number of anilines is 1. The van der Waals surface area contributed by atoms with Gasteiger partial charge in [0.05, 0.1) is 32.1 Å². The van der Waals surface area contributed by atoms with Gasteiger partial charge in [-0.1, -0.05) is 27.2 Å². The number of nitrogens with zero attached hydrogens (tertiary/aromatic N) is 4. The van der Waals surface area contributed by atoms with Crippen LogP contribution in [0.3, 0.4) is 0 Å². The summed E-state index contributed by atoms with van der Waals surface area (Å²) >= 11 is 3.39. The maximum atomic E-state index is 14.2. The molecule has 0 bridgehead atoms. The van der Waals surface area contributed by atoms with Gasteiger partial charge < -0.3 is 34.4 Å². The van der Waals surface area contributed by atoms with Crippen LogP contribution in [-0.4, -0.2) is 99.7 Å². The van der Waals surface area contributed by atoms with Crippen LogP contribution < -0.4 is 4.90 Å². The van der Waals surface area contributed by atoms with Crippen molar-refractivity contribution in [2.45, 2.75) is 42.6 Å². The molecule has 0 radical (unpaired) electrons. The van der Waals surface area contributed by atoms with E-state index in [2.05, 4.69) is 26.2 Å². The molecule has 3 heterocycles. The quantitative estimate of drug-likeness (QED) is 0.328. The molecule has 0 saturated carbocycles. The molecule has 1 aromatic heterocycles. The van der Waals surface area contributed by atoms with Crippen molar-refractivity contribution in [3.05, 3.63) is 64.5 Å². The van der Waals surface area contributed by atoms with Crippen molar-refractivity contribution in [2.24, 2.45) is 0 Å². The Balaban J connectivity index is 1.53. The predicted molar refractivity (Wildman–Crippen MR) is 139 cm³/mol. The van der Waals surface area contributed by atoms with E-state index in [1.165, 1.54) is 18.2 Å². The largest absolute Gasteiger partial charge is 0.394 e. The van der Waals surface area contributed by atoms with E-state index in [1.807, 2.05) is 0 Å². The first-order valence-electron chi connectivity index (χ1n) is 12.5. The molecule has 2 fully saturated rings. The van der Waals surface area contributed by atoms with E-state index in [0.29, 0.717) is 10.2 Å². The molecule has 2 aliphatic rings. The second-order valence-electron chi connectivity index (χ2n) is 9.66. The summed E-state index contributed by atoms with van der Waals surface area (Å²) in [4.78, 5) is 15.5. The molecule has 5 unspecified atom stereocenters. The minimum atomic E-state index is -1.64. The van der Waals surface area contributed by atoms with Crippen LogP contribution >= 0.6 is 15.9 Å². The van der Waals surface area contributed by atoms with E-state index in [4.69, 9.17) is 14.2 Å². The number of hydrogen-bond acceptors (Lipinski definition) is 9. The summed E-state index contributed by atoms with van der Waals surface area (Å²) in [5.41, 5.74) is 0.247. The maximum absolute atomic E-state index is 14.2. The zero-order valence-corrected chi connectivity index (χ0v) is 23.1. The van der Waals surface area contributed by atoms with Crippen LogP contribution in [-0.2, 0) is 19.0 Å². The van der Waals surface area contributed by atoms with Gasteiger partial charge in [-0.05, 0) is 30.3 Å². The number of rotatable bonds is 7. The molecule has 2 aliphatic heterocycles. The van der Waals surface area contributed by atoms with Gasteiger partial charge in [0.25, 0.3) is 5.91 Å². The van der Waals surface area contributed by atoms with Crippen LogP contribution in [0.2, 0.25) is 0 Å². The minimum absolute atomic E-state index is 0.00852. The normalized spacial score (nSPS) is 28.1. The van der Waals surface area contributed by atoms with Gasteiger partial charge in [0.15, 0.2) is 23.6 Å². The lowest BCUT2D eigenvalue weighted by Gasteiger charge is -2.45. The van der Waals surface area contributed by atoms with Crippen molar-refractivity contribution >= 4 is 27.5 Å². The topological polar surface area (TPSA) is 139 Å². The molecule has 2 saturated heterocycles. The van der Waals surface area contributed by atoms with Gasteiger partial charge in [-0.3, -0.25) is 4.79 Å². The molecular formula is C26H26BrF3N4O7. The number of carbonyl (C=O) groups is 1. The third-order valence-electron chi connectivity index (χ3n) is 7.15. The van der Waals surface area contributed by atoms with Gasteiger partial charge in [0.1, 0.15) is 36.2 Å². The molecule has 3 aromatic rings. The molecule has 11 nitrogen and oxygen atoms in total. The summed E-state index contributed by atoms with van der Waals surface area (Å²) in [6, 6.07) is 6.34. The number of amides is 1. The van der Waals surface area contributed by atoms with Crippen LogP contribution in [0.1, 0.15) is 6.04 Å². The minimum Gasteiger partial charge on any atom is -0.394 e. The van der Waals surface area contributed by atoms with Crippen LogP contribution in [0.15, 0.2) is 47.1 Å². The Bertz CT molecular complexity index is 1390. The summed E-state index contributed by atoms with van der Waals surface area (Å²) in [7, 11) is 1.28. The lowest BCUT2D eigenvalue weighted by molar-refractivity contribution is -0.211. The maximum Gasteiger partial charge on any atom is 0.259 e. The summed E-state index contributed by atoms with van der Waals surface area (Å²) in [5.74, 6) is -5.14. The van der Waals surface area contributed by atoms with Gasteiger partial charge >= 0.3 is 0 Å². The summed E-state index contributed by atoms with van der Waals surface area (Å²) < 4.78 is 59.9. The van der Waals surface area contributed by atoms with E-state index in [0.717, 1.165) is 16.8 Å². The van der Waals surface area contributed by atoms with Gasteiger partial charge in [-0.2, -0.15) is 0 Å². The summed E-state index contributed by atoms with van der Waals surface area (Å²) in [6.45, 7) is -0.634. The van der Waals surface area contributed by atoms with E-state index < -0.39 is 72.6 Å². The Kier molecular flexibility index (Phi) is 8.75. The van der Waals surface area contributed by atoms with E-state index in [-0.39, 0.29) is 24.5 Å². The fraction of sp³-hybridized carbons (Fsp3) is 0.423. The lowest BCUT2D eigenvalue weighted by atomic mass is 9.91. The number of halogens is 4. The van der Waals surface area contributed by atoms with Crippen LogP contribution in [0.25, 0.3) is 11.3 Å². The second-order valence-corrected chi connectivity index (χ2v) is 10.6. The predicted octanol–water partition coefficient (Wildman–Crippen LogP) is 1.59. The van der Waals surface area contributed by atoms with E-state index >= 15 is 0 Å². The van der Waals surface area contributed by atoms with Crippen LogP contribution in [0.4, 0.5) is 18.9 Å². The van der Waals surface area contributed by atoms with Gasteiger partial charge in [-0.15, -0.1) is 5.10 Å². The Hall–Kier alpha value is -2.92. The Morgan fingerprint density at radius 3 is 2.54 bits per heavy atom. The zero-order chi connectivity index (χ0) is 29.4. The number of aliphatic hydroxyl groups is 3. The number of carbonyl (C=O) groups excluding carboxylic acids is 1. The smallest absolute Gasteiger partial charge is 0.259 e. The van der Waals surface area contributed by atoms with E-state index in [1.54, 1.807) is 24.3 Å². The van der Waals surface area contributed by atoms with Crippen molar-refractivity contribution in [3.8, 4) is 11.3 Å². The fourth-order valence-corrected chi connectivity index (χ4v) is 5.53. The lowest BCUT2D eigenvalue weighted by Crippen LogP contribution is -2.63. The molecule has 3 N–H and O–H groups in total. The summed E-state index contributed by atoms with van der Waals surface area (Å²) in [5, 5.41) is 39.6.